The number of unbranched alkanes of at least 4 members (excludes halogenated alkanes) is 1. The van der Waals surface area contributed by atoms with E-state index in [2.05, 4.69) is 32.6 Å². The summed E-state index contributed by atoms with van der Waals surface area (Å²) in [7, 11) is 0. The van der Waals surface area contributed by atoms with Crippen LogP contribution in [0.25, 0.3) is 0 Å². The second kappa shape index (κ2) is 9.46. The van der Waals surface area contributed by atoms with Gasteiger partial charge < -0.3 is 5.11 Å². The van der Waals surface area contributed by atoms with Crippen molar-refractivity contribution in [3.63, 3.8) is 0 Å². The molecule has 3 nitrogen and oxygen atoms in total. The van der Waals surface area contributed by atoms with Crippen LogP contribution in [0.2, 0.25) is 0 Å². The molecule has 1 atom stereocenters. The Balaban J connectivity index is 4.48. The van der Waals surface area contributed by atoms with E-state index >= 15 is 0 Å². The zero-order chi connectivity index (χ0) is 13.3. The maximum atomic E-state index is 11.3. The van der Waals surface area contributed by atoms with Crippen LogP contribution in [-0.4, -0.2) is 35.1 Å². The second-order valence-corrected chi connectivity index (χ2v) is 4.77. The van der Waals surface area contributed by atoms with Gasteiger partial charge in [0.1, 0.15) is 6.04 Å². The molecule has 0 heterocycles. The zero-order valence-corrected chi connectivity index (χ0v) is 11.9. The molecular weight excluding hydrogens is 214 g/mol. The van der Waals surface area contributed by atoms with Gasteiger partial charge in [-0.15, -0.1) is 0 Å². The molecule has 0 rings (SSSR count). The van der Waals surface area contributed by atoms with Gasteiger partial charge in [0.15, 0.2) is 0 Å². The van der Waals surface area contributed by atoms with Crippen molar-refractivity contribution in [2.24, 2.45) is 5.92 Å². The monoisotopic (exact) mass is 243 g/mol. The third-order valence-electron chi connectivity index (χ3n) is 3.61. The fraction of sp³-hybridized carbons (Fsp3) is 0.929. The highest BCUT2D eigenvalue weighted by Gasteiger charge is 2.25. The van der Waals surface area contributed by atoms with Crippen LogP contribution in [0.1, 0.15) is 59.8 Å². The topological polar surface area (TPSA) is 40.5 Å². The fourth-order valence-corrected chi connectivity index (χ4v) is 2.21. The molecule has 102 valence electrons. The minimum atomic E-state index is -0.661. The first kappa shape index (κ1) is 16.4. The number of carbonyl (C=O) groups is 1. The third kappa shape index (κ3) is 6.06. The molecule has 0 bridgehead atoms. The van der Waals surface area contributed by atoms with Crippen LogP contribution in [-0.2, 0) is 4.79 Å². The van der Waals surface area contributed by atoms with E-state index in [1.807, 2.05) is 0 Å². The molecule has 0 aliphatic heterocycles. The summed E-state index contributed by atoms with van der Waals surface area (Å²) in [5.41, 5.74) is 0. The molecule has 0 amide bonds. The Labute approximate surface area is 106 Å². The van der Waals surface area contributed by atoms with Crippen LogP contribution in [0.3, 0.4) is 0 Å². The normalized spacial score (nSPS) is 13.3. The average molecular weight is 243 g/mol. The quantitative estimate of drug-likeness (QED) is 0.639. The maximum absolute atomic E-state index is 11.3. The summed E-state index contributed by atoms with van der Waals surface area (Å²) in [6, 6.07) is -0.291. The summed E-state index contributed by atoms with van der Waals surface area (Å²) in [5, 5.41) is 9.32. The van der Waals surface area contributed by atoms with Crippen molar-refractivity contribution >= 4 is 5.97 Å². The molecule has 0 saturated heterocycles. The lowest BCUT2D eigenvalue weighted by Gasteiger charge is -2.30. The summed E-state index contributed by atoms with van der Waals surface area (Å²) >= 11 is 0. The van der Waals surface area contributed by atoms with Crippen molar-refractivity contribution in [2.45, 2.75) is 65.8 Å². The highest BCUT2D eigenvalue weighted by Crippen LogP contribution is 2.15. The van der Waals surface area contributed by atoms with Crippen molar-refractivity contribution in [3.05, 3.63) is 0 Å². The maximum Gasteiger partial charge on any atom is 0.320 e. The minimum absolute atomic E-state index is 0.291. The van der Waals surface area contributed by atoms with E-state index in [1.54, 1.807) is 0 Å². The lowest BCUT2D eigenvalue weighted by molar-refractivity contribution is -0.143. The van der Waals surface area contributed by atoms with Crippen molar-refractivity contribution in [3.8, 4) is 0 Å². The highest BCUT2D eigenvalue weighted by atomic mass is 16.4. The number of nitrogens with zero attached hydrogens (tertiary/aromatic N) is 1. The second-order valence-electron chi connectivity index (χ2n) is 4.77. The van der Waals surface area contributed by atoms with E-state index in [0.717, 1.165) is 45.2 Å². The van der Waals surface area contributed by atoms with Crippen LogP contribution in [0.15, 0.2) is 0 Å². The van der Waals surface area contributed by atoms with Crippen molar-refractivity contribution < 1.29 is 9.90 Å². The highest BCUT2D eigenvalue weighted by molar-refractivity contribution is 5.73. The van der Waals surface area contributed by atoms with Gasteiger partial charge in [-0.2, -0.15) is 0 Å². The number of likely N-dealkylation sites (N-methyl/N-ethyl adjacent to an activating group) is 1. The van der Waals surface area contributed by atoms with Gasteiger partial charge in [0, 0.05) is 6.54 Å². The fourth-order valence-electron chi connectivity index (χ4n) is 2.21. The van der Waals surface area contributed by atoms with Crippen molar-refractivity contribution in [1.29, 1.82) is 0 Å². The summed E-state index contributed by atoms with van der Waals surface area (Å²) in [6.07, 6.45) is 5.10. The van der Waals surface area contributed by atoms with E-state index in [0.29, 0.717) is 5.92 Å². The Bertz CT molecular complexity index is 202. The SMILES string of the molecule is CCCCC(C(=O)O)N(CC)CC(CC)CC. The lowest BCUT2D eigenvalue weighted by Crippen LogP contribution is -2.43. The first-order valence-corrected chi connectivity index (χ1v) is 7.07. The van der Waals surface area contributed by atoms with Crippen LogP contribution in [0.5, 0.6) is 0 Å². The van der Waals surface area contributed by atoms with Crippen LogP contribution in [0, 0.1) is 5.92 Å². The van der Waals surface area contributed by atoms with E-state index in [9.17, 15) is 9.90 Å². The molecule has 17 heavy (non-hydrogen) atoms. The first-order chi connectivity index (χ1) is 8.10. The molecule has 3 heteroatoms. The van der Waals surface area contributed by atoms with Crippen LogP contribution < -0.4 is 0 Å². The number of aliphatic carboxylic acids is 1. The summed E-state index contributed by atoms with van der Waals surface area (Å²) in [5.74, 6) is -0.0373. The molecule has 0 aromatic rings. The van der Waals surface area contributed by atoms with E-state index in [-0.39, 0.29) is 6.04 Å². The van der Waals surface area contributed by atoms with E-state index in [4.69, 9.17) is 0 Å². The molecule has 0 radical (unpaired) electrons. The Hall–Kier alpha value is -0.570. The molecule has 0 aromatic carbocycles. The molecule has 1 unspecified atom stereocenters. The summed E-state index contributed by atoms with van der Waals surface area (Å²) in [4.78, 5) is 13.5. The van der Waals surface area contributed by atoms with E-state index in [1.165, 1.54) is 0 Å². The first-order valence-electron chi connectivity index (χ1n) is 7.07. The molecule has 0 fully saturated rings. The number of hydrogen-bond donors (Lipinski definition) is 1. The Morgan fingerprint density at radius 1 is 1.18 bits per heavy atom. The smallest absolute Gasteiger partial charge is 0.320 e. The molecule has 0 aliphatic carbocycles. The molecule has 1 N–H and O–H groups in total. The van der Waals surface area contributed by atoms with Crippen molar-refractivity contribution in [1.82, 2.24) is 4.90 Å². The Kier molecular flexibility index (Phi) is 9.14. The lowest BCUT2D eigenvalue weighted by atomic mass is 10.0. The number of hydrogen-bond acceptors (Lipinski definition) is 2. The van der Waals surface area contributed by atoms with Crippen molar-refractivity contribution in [2.75, 3.05) is 13.1 Å². The van der Waals surface area contributed by atoms with Gasteiger partial charge in [0.25, 0.3) is 0 Å². The predicted molar refractivity (Wildman–Crippen MR) is 72.3 cm³/mol. The summed E-state index contributed by atoms with van der Waals surface area (Å²) in [6.45, 7) is 10.3. The van der Waals surface area contributed by atoms with Gasteiger partial charge in [-0.25, -0.2) is 0 Å². The van der Waals surface area contributed by atoms with Crippen LogP contribution >= 0.6 is 0 Å². The molecule has 0 aromatic heterocycles. The number of carboxylic acid groups (broad SMARTS) is 1. The minimum Gasteiger partial charge on any atom is -0.480 e. The van der Waals surface area contributed by atoms with Crippen LogP contribution in [0.4, 0.5) is 0 Å². The third-order valence-corrected chi connectivity index (χ3v) is 3.61. The van der Waals surface area contributed by atoms with E-state index < -0.39 is 5.97 Å². The Morgan fingerprint density at radius 2 is 1.76 bits per heavy atom. The largest absolute Gasteiger partial charge is 0.480 e. The van der Waals surface area contributed by atoms with Gasteiger partial charge in [-0.1, -0.05) is 53.4 Å². The standard InChI is InChI=1S/C14H29NO2/c1-5-9-10-13(14(16)17)15(8-4)11-12(6-2)7-3/h12-13H,5-11H2,1-4H3,(H,16,17). The average Bonchev–Trinajstić information content (AvgIpc) is 2.33. The van der Waals surface area contributed by atoms with Gasteiger partial charge in [-0.3, -0.25) is 9.69 Å². The van der Waals surface area contributed by atoms with Gasteiger partial charge in [0.2, 0.25) is 0 Å². The number of carboxylic acids is 1. The Morgan fingerprint density at radius 3 is 2.12 bits per heavy atom. The molecular formula is C14H29NO2. The molecule has 0 spiro atoms. The van der Waals surface area contributed by atoms with Gasteiger partial charge >= 0.3 is 5.97 Å². The summed E-state index contributed by atoms with van der Waals surface area (Å²) < 4.78 is 0. The van der Waals surface area contributed by atoms with Gasteiger partial charge in [0.05, 0.1) is 0 Å². The molecule has 0 saturated carbocycles. The zero-order valence-electron chi connectivity index (χ0n) is 11.9. The molecule has 0 aliphatic rings. The number of rotatable bonds is 10. The predicted octanol–water partition coefficient (Wildman–Crippen LogP) is 3.39. The van der Waals surface area contributed by atoms with Gasteiger partial charge in [-0.05, 0) is 18.9 Å².